The van der Waals surface area contributed by atoms with Gasteiger partial charge in [-0.2, -0.15) is 0 Å². The van der Waals surface area contributed by atoms with Gasteiger partial charge in [0.1, 0.15) is 5.60 Å². The number of para-hydroxylation sites is 1. The topological polar surface area (TPSA) is 73.7 Å². The maximum atomic E-state index is 13.8. The lowest BCUT2D eigenvalue weighted by Crippen LogP contribution is -2.57. The van der Waals surface area contributed by atoms with Crippen LogP contribution in [0.2, 0.25) is 5.02 Å². The molecule has 1 N–H and O–H groups in total. The Kier molecular flexibility index (Phi) is 7.35. The number of rotatable bonds is 6. The molecule has 1 aliphatic heterocycles. The van der Waals surface area contributed by atoms with E-state index >= 15 is 0 Å². The molecule has 0 radical (unpaired) electrons. The van der Waals surface area contributed by atoms with E-state index in [1.165, 1.54) is 0 Å². The Balaban J connectivity index is 1.40. The number of hydrogen-bond acceptors (Lipinski definition) is 5. The normalized spacial score (nSPS) is 23.9. The lowest BCUT2D eigenvalue weighted by Gasteiger charge is -2.49. The summed E-state index contributed by atoms with van der Waals surface area (Å²) in [5.41, 5.74) is 0.667. The predicted octanol–water partition coefficient (Wildman–Crippen LogP) is 5.23. The minimum absolute atomic E-state index is 0.00708. The molecule has 1 aromatic heterocycles. The van der Waals surface area contributed by atoms with Gasteiger partial charge in [0.15, 0.2) is 0 Å². The van der Waals surface area contributed by atoms with Crippen LogP contribution in [-0.2, 0) is 15.6 Å². The molecule has 5 rings (SSSR count). The summed E-state index contributed by atoms with van der Waals surface area (Å²) in [5.74, 6) is 0. The zero-order valence-electron chi connectivity index (χ0n) is 20.2. The number of benzene rings is 2. The van der Waals surface area contributed by atoms with Crippen LogP contribution in [0, 0.1) is 0 Å². The molecule has 2 atom stereocenters. The fraction of sp³-hybridized carbons (Fsp3) is 0.393. The molecule has 0 bridgehead atoms. The van der Waals surface area contributed by atoms with Crippen LogP contribution in [0.3, 0.4) is 0 Å². The quantitative estimate of drug-likeness (QED) is 0.477. The Morgan fingerprint density at radius 3 is 2.25 bits per heavy atom. The molecule has 8 heteroatoms. The first-order chi connectivity index (χ1) is 17.4. The molecule has 2 aliphatic rings. The molecule has 2 fully saturated rings. The second-order valence-electron chi connectivity index (χ2n) is 9.78. The maximum Gasteiger partial charge on any atom is 0.264 e. The lowest BCUT2D eigenvalue weighted by atomic mass is 9.74. The van der Waals surface area contributed by atoms with Gasteiger partial charge in [0.05, 0.1) is 10.6 Å². The van der Waals surface area contributed by atoms with Crippen LogP contribution in [0.1, 0.15) is 44.1 Å². The summed E-state index contributed by atoms with van der Waals surface area (Å²) in [7, 11) is -3.78. The first-order valence-electron chi connectivity index (χ1n) is 12.6. The molecule has 1 aliphatic carbocycles. The number of piperidine rings is 1. The second-order valence-corrected chi connectivity index (χ2v) is 12.0. The third-order valence-electron chi connectivity index (χ3n) is 7.67. The van der Waals surface area contributed by atoms with E-state index in [0.717, 1.165) is 44.3 Å². The molecule has 2 heterocycles. The summed E-state index contributed by atoms with van der Waals surface area (Å²) in [5, 5.41) is 12.3. The molecule has 2 aromatic carbocycles. The van der Waals surface area contributed by atoms with Crippen LogP contribution in [0.15, 0.2) is 84.0 Å². The summed E-state index contributed by atoms with van der Waals surface area (Å²) in [6, 6.07) is 19.4. The van der Waals surface area contributed by atoms with Crippen LogP contribution in [0.4, 0.5) is 5.69 Å². The van der Waals surface area contributed by atoms with Gasteiger partial charge in [0.25, 0.3) is 10.0 Å². The number of sulfonamides is 1. The average molecular weight is 526 g/mol. The zero-order valence-corrected chi connectivity index (χ0v) is 21.8. The highest BCUT2D eigenvalue weighted by molar-refractivity contribution is 7.92. The summed E-state index contributed by atoms with van der Waals surface area (Å²) in [6.07, 6.45) is 8.58. The number of likely N-dealkylation sites (tertiary alicyclic amines) is 1. The van der Waals surface area contributed by atoms with Crippen molar-refractivity contribution in [3.63, 3.8) is 0 Å². The highest BCUT2D eigenvalue weighted by atomic mass is 35.5. The monoisotopic (exact) mass is 525 g/mol. The van der Waals surface area contributed by atoms with Gasteiger partial charge >= 0.3 is 0 Å². The van der Waals surface area contributed by atoms with Crippen molar-refractivity contribution in [3.8, 4) is 0 Å². The molecular weight excluding hydrogens is 494 g/mol. The molecule has 3 aromatic rings. The van der Waals surface area contributed by atoms with E-state index < -0.39 is 15.6 Å². The van der Waals surface area contributed by atoms with Crippen LogP contribution >= 0.6 is 11.6 Å². The highest BCUT2D eigenvalue weighted by Crippen LogP contribution is 2.41. The van der Waals surface area contributed by atoms with Crippen molar-refractivity contribution in [3.05, 3.63) is 89.7 Å². The summed E-state index contributed by atoms with van der Waals surface area (Å²) in [4.78, 5) is 6.73. The molecular formula is C28H32ClN3O3S. The zero-order chi connectivity index (χ0) is 25.2. The van der Waals surface area contributed by atoms with Crippen molar-refractivity contribution >= 4 is 27.3 Å². The van der Waals surface area contributed by atoms with E-state index in [1.54, 1.807) is 41.0 Å². The van der Waals surface area contributed by atoms with E-state index in [1.807, 2.05) is 42.5 Å². The first-order valence-corrected chi connectivity index (χ1v) is 14.4. The Morgan fingerprint density at radius 2 is 1.58 bits per heavy atom. The average Bonchev–Trinajstić information content (AvgIpc) is 2.91. The van der Waals surface area contributed by atoms with Gasteiger partial charge in [-0.25, -0.2) is 8.42 Å². The number of aliphatic hydroxyl groups is 1. The fourth-order valence-electron chi connectivity index (χ4n) is 5.87. The number of nitrogens with zero attached hydrogens (tertiary/aromatic N) is 3. The van der Waals surface area contributed by atoms with Crippen LogP contribution < -0.4 is 4.31 Å². The largest absolute Gasteiger partial charge is 0.384 e. The summed E-state index contributed by atoms with van der Waals surface area (Å²) < 4.78 is 29.3. The standard InChI is InChI=1S/C28H32ClN3O3S/c29-23-9-11-26(12-10-23)36(34,35)32(24-6-2-1-3-7-24)25-15-20-31(21-16-25)27-8-4-5-17-28(27,33)22-13-18-30-19-14-22/h1-3,6-7,9-14,18-19,25,27,33H,4-5,8,15-17,20-21H2/t27-,28+/m1/s1. The molecule has 0 amide bonds. The SMILES string of the molecule is O=S(=O)(c1ccc(Cl)cc1)N(c1ccccc1)C1CCN([C@@H]2CCCC[C@]2(O)c2ccncc2)CC1. The third-order valence-corrected chi connectivity index (χ3v) is 9.82. The molecule has 0 spiro atoms. The maximum absolute atomic E-state index is 13.8. The van der Waals surface area contributed by atoms with Gasteiger partial charge in [-0.05, 0) is 79.8 Å². The smallest absolute Gasteiger partial charge is 0.264 e. The third kappa shape index (κ3) is 4.90. The minimum atomic E-state index is -3.78. The Morgan fingerprint density at radius 1 is 0.917 bits per heavy atom. The predicted molar refractivity (Wildman–Crippen MR) is 143 cm³/mol. The van der Waals surface area contributed by atoms with Crippen molar-refractivity contribution < 1.29 is 13.5 Å². The molecule has 1 saturated heterocycles. The fourth-order valence-corrected chi connectivity index (χ4v) is 7.71. The van der Waals surface area contributed by atoms with Crippen molar-refractivity contribution in [2.24, 2.45) is 0 Å². The highest BCUT2D eigenvalue weighted by Gasteiger charge is 2.45. The van der Waals surface area contributed by atoms with Crippen molar-refractivity contribution in [2.75, 3.05) is 17.4 Å². The molecule has 190 valence electrons. The van der Waals surface area contributed by atoms with Crippen LogP contribution in [0.25, 0.3) is 0 Å². The molecule has 1 saturated carbocycles. The molecule has 6 nitrogen and oxygen atoms in total. The number of hydrogen-bond donors (Lipinski definition) is 1. The van der Waals surface area contributed by atoms with E-state index in [2.05, 4.69) is 9.88 Å². The molecule has 36 heavy (non-hydrogen) atoms. The summed E-state index contributed by atoms with van der Waals surface area (Å²) in [6.45, 7) is 1.45. The summed E-state index contributed by atoms with van der Waals surface area (Å²) >= 11 is 6.03. The van der Waals surface area contributed by atoms with Crippen molar-refractivity contribution in [2.45, 2.75) is 61.1 Å². The number of halogens is 1. The lowest BCUT2D eigenvalue weighted by molar-refractivity contribution is -0.0849. The van der Waals surface area contributed by atoms with Gasteiger partial charge < -0.3 is 5.11 Å². The van der Waals surface area contributed by atoms with E-state index in [9.17, 15) is 13.5 Å². The Hall–Kier alpha value is -2.45. The van der Waals surface area contributed by atoms with Gasteiger partial charge in [0.2, 0.25) is 0 Å². The number of pyridine rings is 1. The second kappa shape index (κ2) is 10.5. The van der Waals surface area contributed by atoms with Crippen molar-refractivity contribution in [1.29, 1.82) is 0 Å². The van der Waals surface area contributed by atoms with E-state index in [4.69, 9.17) is 11.6 Å². The van der Waals surface area contributed by atoms with Gasteiger partial charge in [-0.15, -0.1) is 0 Å². The van der Waals surface area contributed by atoms with Crippen molar-refractivity contribution in [1.82, 2.24) is 9.88 Å². The number of aromatic nitrogens is 1. The minimum Gasteiger partial charge on any atom is -0.384 e. The van der Waals surface area contributed by atoms with E-state index in [-0.39, 0.29) is 17.0 Å². The van der Waals surface area contributed by atoms with Gasteiger partial charge in [-0.1, -0.05) is 42.6 Å². The number of anilines is 1. The van der Waals surface area contributed by atoms with Crippen LogP contribution in [0.5, 0.6) is 0 Å². The Bertz CT molecular complexity index is 1250. The van der Waals surface area contributed by atoms with Crippen LogP contribution in [-0.4, -0.2) is 48.6 Å². The van der Waals surface area contributed by atoms with Gasteiger partial charge in [0, 0.05) is 42.6 Å². The molecule has 0 unspecified atom stereocenters. The first kappa shape index (κ1) is 25.2. The van der Waals surface area contributed by atoms with Gasteiger partial charge in [-0.3, -0.25) is 14.2 Å². The Labute approximate surface area is 218 Å². The van der Waals surface area contributed by atoms with E-state index in [0.29, 0.717) is 23.6 Å².